The number of benzene rings is 3. The highest BCUT2D eigenvalue weighted by atomic mass is 16.1. The molecule has 1 heterocycles. The van der Waals surface area contributed by atoms with E-state index in [9.17, 15) is 4.79 Å². The normalized spacial score (nSPS) is 11.1. The van der Waals surface area contributed by atoms with E-state index >= 15 is 0 Å². The quantitative estimate of drug-likeness (QED) is 0.210. The Morgan fingerprint density at radius 3 is 2.20 bits per heavy atom. The largest absolute Gasteiger partial charge is 0.349 e. The molecule has 4 heteroatoms. The number of carbonyl (C=O) groups is 1. The number of nitrogens with zero attached hydrogens (tertiary/aromatic N) is 2. The molecule has 1 aromatic heterocycles. The van der Waals surface area contributed by atoms with Gasteiger partial charge in [0.25, 0.3) is 0 Å². The molecule has 0 radical (unpaired) electrons. The minimum Gasteiger partial charge on any atom is -0.349 e. The number of aryl methyl sites for hydroxylation is 1. The van der Waals surface area contributed by atoms with Crippen molar-refractivity contribution in [1.29, 1.82) is 0 Å². The topological polar surface area (TPSA) is 46.9 Å². The van der Waals surface area contributed by atoms with Crippen molar-refractivity contribution < 1.29 is 4.79 Å². The molecule has 0 unspecified atom stereocenters. The predicted molar refractivity (Wildman–Crippen MR) is 145 cm³/mol. The van der Waals surface area contributed by atoms with Crippen LogP contribution < -0.4 is 5.32 Å². The van der Waals surface area contributed by atoms with E-state index in [4.69, 9.17) is 4.98 Å². The number of para-hydroxylation sites is 2. The Morgan fingerprint density at radius 1 is 0.771 bits per heavy atom. The second kappa shape index (κ2) is 12.9. The smallest absolute Gasteiger partial charge is 0.224 e. The third-order valence-electron chi connectivity index (χ3n) is 6.59. The summed E-state index contributed by atoms with van der Waals surface area (Å²) in [6, 6.07) is 26.8. The number of hydrogen-bond acceptors (Lipinski definition) is 2. The van der Waals surface area contributed by atoms with Crippen LogP contribution in [0, 0.1) is 0 Å². The van der Waals surface area contributed by atoms with E-state index in [0.29, 0.717) is 13.0 Å². The Labute approximate surface area is 209 Å². The molecule has 0 aliphatic rings. The lowest BCUT2D eigenvalue weighted by Gasteiger charge is -2.11. The van der Waals surface area contributed by atoms with E-state index in [1.54, 1.807) is 0 Å². The highest BCUT2D eigenvalue weighted by Crippen LogP contribution is 2.20. The minimum absolute atomic E-state index is 0.0204. The molecule has 182 valence electrons. The summed E-state index contributed by atoms with van der Waals surface area (Å²) in [7, 11) is 0. The molecule has 0 atom stereocenters. The van der Waals surface area contributed by atoms with E-state index in [1.807, 2.05) is 36.4 Å². The van der Waals surface area contributed by atoms with Crippen molar-refractivity contribution in [3.05, 3.63) is 90.3 Å². The van der Waals surface area contributed by atoms with Crippen LogP contribution in [0.4, 0.5) is 0 Å². The molecule has 0 saturated carbocycles. The Balaban J connectivity index is 1.32. The lowest BCUT2D eigenvalue weighted by Crippen LogP contribution is -2.26. The van der Waals surface area contributed by atoms with Gasteiger partial charge < -0.3 is 9.88 Å². The number of carbonyl (C=O) groups excluding carboxylic acids is 1. The van der Waals surface area contributed by atoms with Crippen LogP contribution in [0.25, 0.3) is 22.2 Å². The Kier molecular flexibility index (Phi) is 9.11. The van der Waals surface area contributed by atoms with Crippen LogP contribution in [0.2, 0.25) is 0 Å². The third kappa shape index (κ3) is 7.05. The zero-order valence-corrected chi connectivity index (χ0v) is 20.9. The SMILES string of the molecule is CCCCCCCCCn1c(CNC(=O)Cc2ccc(-c3ccccc3)cc2)nc2ccccc21. The highest BCUT2D eigenvalue weighted by molar-refractivity contribution is 5.79. The molecule has 35 heavy (non-hydrogen) atoms. The van der Waals surface area contributed by atoms with Gasteiger partial charge in [-0.15, -0.1) is 0 Å². The Morgan fingerprint density at radius 2 is 1.43 bits per heavy atom. The number of aromatic nitrogens is 2. The molecule has 0 saturated heterocycles. The summed E-state index contributed by atoms with van der Waals surface area (Å²) in [5.74, 6) is 0.956. The van der Waals surface area contributed by atoms with Gasteiger partial charge in [-0.3, -0.25) is 4.79 Å². The molecule has 0 aliphatic heterocycles. The van der Waals surface area contributed by atoms with Gasteiger partial charge >= 0.3 is 0 Å². The van der Waals surface area contributed by atoms with Crippen LogP contribution in [-0.4, -0.2) is 15.5 Å². The van der Waals surface area contributed by atoms with E-state index in [-0.39, 0.29) is 5.91 Å². The van der Waals surface area contributed by atoms with Crippen LogP contribution in [0.15, 0.2) is 78.9 Å². The molecule has 0 fully saturated rings. The first-order valence-electron chi connectivity index (χ1n) is 13.1. The first kappa shape index (κ1) is 24.7. The van der Waals surface area contributed by atoms with Gasteiger partial charge in [-0.2, -0.15) is 0 Å². The van der Waals surface area contributed by atoms with Crippen molar-refractivity contribution >= 4 is 16.9 Å². The van der Waals surface area contributed by atoms with Crippen LogP contribution in [-0.2, 0) is 24.3 Å². The first-order chi connectivity index (χ1) is 17.2. The fourth-order valence-electron chi connectivity index (χ4n) is 4.61. The molecule has 4 nitrogen and oxygen atoms in total. The van der Waals surface area contributed by atoms with Crippen molar-refractivity contribution in [2.45, 2.75) is 71.4 Å². The second-order valence-electron chi connectivity index (χ2n) is 9.31. The monoisotopic (exact) mass is 467 g/mol. The fraction of sp³-hybridized carbons (Fsp3) is 0.355. The van der Waals surface area contributed by atoms with Crippen molar-refractivity contribution in [2.75, 3.05) is 0 Å². The van der Waals surface area contributed by atoms with Gasteiger partial charge in [0.2, 0.25) is 5.91 Å². The summed E-state index contributed by atoms with van der Waals surface area (Å²) >= 11 is 0. The number of fused-ring (bicyclic) bond motifs is 1. The molecule has 3 aromatic carbocycles. The molecule has 4 aromatic rings. The van der Waals surface area contributed by atoms with Crippen LogP contribution in [0.5, 0.6) is 0 Å². The average Bonchev–Trinajstić information content (AvgIpc) is 3.25. The van der Waals surface area contributed by atoms with Gasteiger partial charge in [0.05, 0.1) is 24.0 Å². The van der Waals surface area contributed by atoms with Crippen molar-refractivity contribution in [1.82, 2.24) is 14.9 Å². The first-order valence-corrected chi connectivity index (χ1v) is 13.1. The van der Waals surface area contributed by atoms with Crippen LogP contribution >= 0.6 is 0 Å². The number of amides is 1. The van der Waals surface area contributed by atoms with Gasteiger partial charge in [0.15, 0.2) is 0 Å². The molecule has 0 spiro atoms. The molecule has 0 bridgehead atoms. The van der Waals surface area contributed by atoms with Crippen molar-refractivity contribution in [3.8, 4) is 11.1 Å². The molecular formula is C31H37N3O. The van der Waals surface area contributed by atoms with Crippen LogP contribution in [0.1, 0.15) is 63.3 Å². The van der Waals surface area contributed by atoms with E-state index in [0.717, 1.165) is 41.0 Å². The van der Waals surface area contributed by atoms with Crippen molar-refractivity contribution in [2.24, 2.45) is 0 Å². The number of hydrogen-bond donors (Lipinski definition) is 1. The second-order valence-corrected chi connectivity index (χ2v) is 9.31. The summed E-state index contributed by atoms with van der Waals surface area (Å²) in [6.45, 7) is 3.65. The molecule has 1 N–H and O–H groups in total. The van der Waals surface area contributed by atoms with E-state index < -0.39 is 0 Å². The van der Waals surface area contributed by atoms with E-state index in [2.05, 4.69) is 59.3 Å². The highest BCUT2D eigenvalue weighted by Gasteiger charge is 2.12. The molecular weight excluding hydrogens is 430 g/mol. The fourth-order valence-corrected chi connectivity index (χ4v) is 4.61. The summed E-state index contributed by atoms with van der Waals surface area (Å²) in [4.78, 5) is 17.5. The number of unbranched alkanes of at least 4 members (excludes halogenated alkanes) is 6. The minimum atomic E-state index is 0.0204. The van der Waals surface area contributed by atoms with Gasteiger partial charge in [0, 0.05) is 6.54 Å². The maximum absolute atomic E-state index is 12.7. The summed E-state index contributed by atoms with van der Waals surface area (Å²) < 4.78 is 2.29. The zero-order chi connectivity index (χ0) is 24.3. The number of imidazole rings is 1. The van der Waals surface area contributed by atoms with Gasteiger partial charge in [-0.1, -0.05) is 112 Å². The van der Waals surface area contributed by atoms with E-state index in [1.165, 1.54) is 44.1 Å². The summed E-state index contributed by atoms with van der Waals surface area (Å²) in [6.07, 6.45) is 9.34. The molecule has 0 aliphatic carbocycles. The summed E-state index contributed by atoms with van der Waals surface area (Å²) in [5, 5.41) is 3.10. The maximum Gasteiger partial charge on any atom is 0.224 e. The summed E-state index contributed by atoms with van der Waals surface area (Å²) in [5.41, 5.74) is 5.51. The third-order valence-corrected chi connectivity index (χ3v) is 6.59. The number of nitrogens with one attached hydrogen (secondary N) is 1. The van der Waals surface area contributed by atoms with Crippen LogP contribution in [0.3, 0.4) is 0 Å². The van der Waals surface area contributed by atoms with Crippen molar-refractivity contribution in [3.63, 3.8) is 0 Å². The van der Waals surface area contributed by atoms with Gasteiger partial charge in [-0.05, 0) is 35.2 Å². The molecule has 1 amide bonds. The Bertz CT molecular complexity index is 1200. The zero-order valence-electron chi connectivity index (χ0n) is 20.9. The lowest BCUT2D eigenvalue weighted by molar-refractivity contribution is -0.120. The Hall–Kier alpha value is -3.40. The molecule has 4 rings (SSSR count). The van der Waals surface area contributed by atoms with Gasteiger partial charge in [0.1, 0.15) is 5.82 Å². The van der Waals surface area contributed by atoms with Gasteiger partial charge in [-0.25, -0.2) is 4.98 Å². The maximum atomic E-state index is 12.7. The number of rotatable bonds is 13. The lowest BCUT2D eigenvalue weighted by atomic mass is 10.0. The standard InChI is InChI=1S/C31H37N3O/c1-2-3-4-5-6-7-13-22-34-29-17-12-11-16-28(29)33-30(34)24-32-31(35)23-25-18-20-27(21-19-25)26-14-9-8-10-15-26/h8-12,14-21H,2-7,13,22-24H2,1H3,(H,32,35). The predicted octanol–water partition coefficient (Wildman–Crippen LogP) is 7.31. The average molecular weight is 468 g/mol.